The van der Waals surface area contributed by atoms with E-state index >= 15 is 0 Å². The zero-order valence-corrected chi connectivity index (χ0v) is 12.1. The SMILES string of the molecule is CC(C)CN(C(=O)N(CC(=O)O)CC(F)(F)F)C(C)C. The molecular formula is C12H21F3N2O3. The predicted octanol–water partition coefficient (Wildman–Crippen LogP) is 2.42. The monoisotopic (exact) mass is 298 g/mol. The van der Waals surface area contributed by atoms with Gasteiger partial charge in [-0.25, -0.2) is 4.79 Å². The number of carboxylic acid groups (broad SMARTS) is 1. The summed E-state index contributed by atoms with van der Waals surface area (Å²) in [6.45, 7) is 4.73. The summed E-state index contributed by atoms with van der Waals surface area (Å²) in [4.78, 5) is 24.3. The highest BCUT2D eigenvalue weighted by molar-refractivity contribution is 5.80. The summed E-state index contributed by atoms with van der Waals surface area (Å²) in [6.07, 6.45) is -4.63. The molecule has 0 fully saturated rings. The predicted molar refractivity (Wildman–Crippen MR) is 67.3 cm³/mol. The summed E-state index contributed by atoms with van der Waals surface area (Å²) >= 11 is 0. The highest BCUT2D eigenvalue weighted by Crippen LogP contribution is 2.18. The van der Waals surface area contributed by atoms with Gasteiger partial charge in [0.25, 0.3) is 0 Å². The summed E-state index contributed by atoms with van der Waals surface area (Å²) in [7, 11) is 0. The molecule has 0 bridgehead atoms. The van der Waals surface area contributed by atoms with Gasteiger partial charge in [-0.05, 0) is 19.8 Å². The Balaban J connectivity index is 5.10. The maximum atomic E-state index is 12.4. The molecule has 0 aliphatic heterocycles. The van der Waals surface area contributed by atoms with E-state index in [1.54, 1.807) is 13.8 Å². The minimum atomic E-state index is -4.63. The third kappa shape index (κ3) is 7.20. The number of carbonyl (C=O) groups excluding carboxylic acids is 1. The fourth-order valence-corrected chi connectivity index (χ4v) is 1.66. The maximum absolute atomic E-state index is 12.4. The van der Waals surface area contributed by atoms with Gasteiger partial charge in [0.05, 0.1) is 0 Å². The van der Waals surface area contributed by atoms with Gasteiger partial charge in [-0.2, -0.15) is 13.2 Å². The molecule has 0 heterocycles. The van der Waals surface area contributed by atoms with Crippen LogP contribution in [0.3, 0.4) is 0 Å². The molecule has 1 N–H and O–H groups in total. The Bertz CT molecular complexity index is 343. The van der Waals surface area contributed by atoms with Crippen LogP contribution in [0.4, 0.5) is 18.0 Å². The van der Waals surface area contributed by atoms with Crippen molar-refractivity contribution in [3.63, 3.8) is 0 Å². The second-order valence-corrected chi connectivity index (χ2v) is 5.29. The van der Waals surface area contributed by atoms with Gasteiger partial charge < -0.3 is 14.9 Å². The number of nitrogens with zero attached hydrogens (tertiary/aromatic N) is 2. The quantitative estimate of drug-likeness (QED) is 0.819. The molecule has 0 spiro atoms. The van der Waals surface area contributed by atoms with Crippen LogP contribution < -0.4 is 0 Å². The lowest BCUT2D eigenvalue weighted by Gasteiger charge is -2.34. The van der Waals surface area contributed by atoms with Crippen LogP contribution in [0.2, 0.25) is 0 Å². The number of carboxylic acids is 1. The van der Waals surface area contributed by atoms with Crippen molar-refractivity contribution in [2.24, 2.45) is 5.92 Å². The molecule has 0 unspecified atom stereocenters. The van der Waals surface area contributed by atoms with Gasteiger partial charge in [0.15, 0.2) is 0 Å². The van der Waals surface area contributed by atoms with Crippen LogP contribution >= 0.6 is 0 Å². The first kappa shape index (κ1) is 18.5. The van der Waals surface area contributed by atoms with Crippen molar-refractivity contribution < 1.29 is 27.9 Å². The number of carbonyl (C=O) groups is 2. The summed E-state index contributed by atoms with van der Waals surface area (Å²) in [5.41, 5.74) is 0. The molecule has 0 aromatic carbocycles. The zero-order valence-electron chi connectivity index (χ0n) is 12.1. The molecule has 2 amide bonds. The standard InChI is InChI=1S/C12H21F3N2O3/c1-8(2)5-17(9(3)4)11(20)16(6-10(18)19)7-12(13,14)15/h8-9H,5-7H2,1-4H3,(H,18,19). The first-order chi connectivity index (χ1) is 8.94. The van der Waals surface area contributed by atoms with Crippen LogP contribution in [0.1, 0.15) is 27.7 Å². The fourth-order valence-electron chi connectivity index (χ4n) is 1.66. The molecule has 0 aromatic heterocycles. The van der Waals surface area contributed by atoms with Crippen LogP contribution in [-0.2, 0) is 4.79 Å². The Morgan fingerprint density at radius 2 is 1.65 bits per heavy atom. The van der Waals surface area contributed by atoms with Crippen molar-refractivity contribution in [3.8, 4) is 0 Å². The van der Waals surface area contributed by atoms with Crippen molar-refractivity contribution in [2.75, 3.05) is 19.6 Å². The van der Waals surface area contributed by atoms with E-state index in [4.69, 9.17) is 5.11 Å². The average molecular weight is 298 g/mol. The van der Waals surface area contributed by atoms with Gasteiger partial charge in [-0.3, -0.25) is 4.79 Å². The molecule has 8 heteroatoms. The van der Waals surface area contributed by atoms with Gasteiger partial charge in [-0.1, -0.05) is 13.8 Å². The minimum absolute atomic E-state index is 0.0684. The Labute approximate surface area is 116 Å². The Morgan fingerprint density at radius 1 is 1.15 bits per heavy atom. The number of hydrogen-bond donors (Lipinski definition) is 1. The first-order valence-electron chi connectivity index (χ1n) is 6.28. The van der Waals surface area contributed by atoms with E-state index in [-0.39, 0.29) is 18.5 Å². The van der Waals surface area contributed by atoms with Crippen LogP contribution in [-0.4, -0.2) is 58.8 Å². The molecule has 0 atom stereocenters. The van der Waals surface area contributed by atoms with Crippen molar-refractivity contribution >= 4 is 12.0 Å². The number of urea groups is 1. The highest BCUT2D eigenvalue weighted by atomic mass is 19.4. The summed E-state index contributed by atoms with van der Waals surface area (Å²) in [5, 5.41) is 8.65. The molecule has 0 radical (unpaired) electrons. The van der Waals surface area contributed by atoms with Crippen LogP contribution in [0.5, 0.6) is 0 Å². The molecule has 5 nitrogen and oxygen atoms in total. The number of halogens is 3. The lowest BCUT2D eigenvalue weighted by atomic mass is 10.2. The minimum Gasteiger partial charge on any atom is -0.480 e. The van der Waals surface area contributed by atoms with Gasteiger partial charge in [0.1, 0.15) is 13.1 Å². The summed E-state index contributed by atoms with van der Waals surface area (Å²) in [5.74, 6) is -1.41. The van der Waals surface area contributed by atoms with Gasteiger partial charge in [0, 0.05) is 12.6 Å². The number of amides is 2. The van der Waals surface area contributed by atoms with Crippen LogP contribution in [0, 0.1) is 5.92 Å². The van der Waals surface area contributed by atoms with E-state index in [1.807, 2.05) is 13.8 Å². The third-order valence-corrected chi connectivity index (χ3v) is 2.40. The molecule has 0 aliphatic carbocycles. The van der Waals surface area contributed by atoms with Crippen molar-refractivity contribution in [1.82, 2.24) is 9.80 Å². The van der Waals surface area contributed by atoms with Gasteiger partial charge in [-0.15, -0.1) is 0 Å². The molecule has 20 heavy (non-hydrogen) atoms. The molecule has 0 saturated heterocycles. The summed E-state index contributed by atoms with van der Waals surface area (Å²) in [6, 6.07) is -1.22. The van der Waals surface area contributed by atoms with E-state index in [0.717, 1.165) is 0 Å². The number of rotatable bonds is 6. The van der Waals surface area contributed by atoms with E-state index in [0.29, 0.717) is 4.90 Å². The van der Waals surface area contributed by atoms with Gasteiger partial charge in [0.2, 0.25) is 0 Å². The normalized spacial score (nSPS) is 11.8. The second kappa shape index (κ2) is 7.35. The lowest BCUT2D eigenvalue weighted by molar-refractivity contribution is -0.150. The van der Waals surface area contributed by atoms with Crippen LogP contribution in [0.25, 0.3) is 0 Å². The van der Waals surface area contributed by atoms with Crippen LogP contribution in [0.15, 0.2) is 0 Å². The van der Waals surface area contributed by atoms with E-state index in [1.165, 1.54) is 4.90 Å². The van der Waals surface area contributed by atoms with E-state index in [2.05, 4.69) is 0 Å². The lowest BCUT2D eigenvalue weighted by Crippen LogP contribution is -2.51. The number of aliphatic carboxylic acids is 1. The molecule has 0 rings (SSSR count). The number of hydrogen-bond acceptors (Lipinski definition) is 2. The Kier molecular flexibility index (Phi) is 6.81. The number of alkyl halides is 3. The van der Waals surface area contributed by atoms with Crippen molar-refractivity contribution in [3.05, 3.63) is 0 Å². The van der Waals surface area contributed by atoms with Gasteiger partial charge >= 0.3 is 18.2 Å². The summed E-state index contributed by atoms with van der Waals surface area (Å²) < 4.78 is 37.3. The first-order valence-corrected chi connectivity index (χ1v) is 6.28. The molecule has 118 valence electrons. The Hall–Kier alpha value is -1.47. The van der Waals surface area contributed by atoms with E-state index < -0.39 is 31.3 Å². The largest absolute Gasteiger partial charge is 0.480 e. The molecular weight excluding hydrogens is 277 g/mol. The average Bonchev–Trinajstić information content (AvgIpc) is 2.20. The molecule has 0 aromatic rings. The van der Waals surface area contributed by atoms with Crippen molar-refractivity contribution in [2.45, 2.75) is 39.9 Å². The zero-order chi connectivity index (χ0) is 16.1. The van der Waals surface area contributed by atoms with Crippen molar-refractivity contribution in [1.29, 1.82) is 0 Å². The highest BCUT2D eigenvalue weighted by Gasteiger charge is 2.36. The second-order valence-electron chi connectivity index (χ2n) is 5.29. The topological polar surface area (TPSA) is 60.9 Å². The van der Waals surface area contributed by atoms with E-state index in [9.17, 15) is 22.8 Å². The maximum Gasteiger partial charge on any atom is 0.406 e. The smallest absolute Gasteiger partial charge is 0.406 e. The Morgan fingerprint density at radius 3 is 1.95 bits per heavy atom. The molecule has 0 saturated carbocycles. The molecule has 0 aliphatic rings. The third-order valence-electron chi connectivity index (χ3n) is 2.40. The fraction of sp³-hybridized carbons (Fsp3) is 0.833.